The quantitative estimate of drug-likeness (QED) is 0.513. The molecule has 0 spiro atoms. The molecule has 0 radical (unpaired) electrons. The van der Waals surface area contributed by atoms with Crippen LogP contribution in [0.25, 0.3) is 22.3 Å². The fourth-order valence-electron chi connectivity index (χ4n) is 2.98. The van der Waals surface area contributed by atoms with Crippen LogP contribution in [-0.4, -0.2) is 17.5 Å². The van der Waals surface area contributed by atoms with Crippen LogP contribution < -0.4 is 0 Å². The van der Waals surface area contributed by atoms with E-state index >= 15 is 0 Å². The van der Waals surface area contributed by atoms with Gasteiger partial charge in [-0.05, 0) is 22.3 Å². The van der Waals surface area contributed by atoms with Crippen molar-refractivity contribution >= 4 is 0 Å². The molecule has 0 fully saturated rings. The van der Waals surface area contributed by atoms with Gasteiger partial charge in [-0.3, -0.25) is 0 Å². The first-order chi connectivity index (χ1) is 13.1. The maximum atomic E-state index is 13.0. The molecule has 0 aromatic heterocycles. The lowest BCUT2D eigenvalue weighted by molar-refractivity contribution is -0.376. The van der Waals surface area contributed by atoms with Crippen molar-refractivity contribution < 1.29 is 31.4 Å². The Morgan fingerprint density at radius 2 is 0.893 bits per heavy atom. The molecule has 1 N–H and O–H groups in total. The first-order valence-corrected chi connectivity index (χ1v) is 8.17. The average molecular weight is 396 g/mol. The molecule has 3 rings (SSSR count). The smallest absolute Gasteiger partial charge is 0.369 e. The Hall–Kier alpha value is -2.80. The molecular weight excluding hydrogens is 382 g/mol. The lowest BCUT2D eigenvalue weighted by Gasteiger charge is -2.32. The van der Waals surface area contributed by atoms with Crippen molar-refractivity contribution in [2.45, 2.75) is 18.0 Å². The minimum absolute atomic E-state index is 0.426. The standard InChI is InChI=1S/C21H14F6O/c22-20(23,24)19(28,21(25,26)27)16-12-10-15(11-13-16)18-9-5-4-8-17(18)14-6-2-1-3-7-14/h1-13,28H. The van der Waals surface area contributed by atoms with Crippen molar-refractivity contribution in [3.05, 3.63) is 84.4 Å². The molecule has 0 saturated heterocycles. The molecular formula is C21H14F6O. The summed E-state index contributed by atoms with van der Waals surface area (Å²) in [6, 6.07) is 19.8. The van der Waals surface area contributed by atoms with Crippen molar-refractivity contribution in [1.29, 1.82) is 0 Å². The Labute approximate surface area is 156 Å². The first kappa shape index (κ1) is 19.9. The van der Waals surface area contributed by atoms with Crippen LogP contribution in [0, 0.1) is 0 Å². The summed E-state index contributed by atoms with van der Waals surface area (Å²) in [5.74, 6) is 0. The maximum absolute atomic E-state index is 13.0. The molecule has 0 amide bonds. The number of benzene rings is 3. The van der Waals surface area contributed by atoms with E-state index in [0.29, 0.717) is 23.3 Å². The van der Waals surface area contributed by atoms with Crippen molar-refractivity contribution in [2.24, 2.45) is 0 Å². The summed E-state index contributed by atoms with van der Waals surface area (Å²) in [6.45, 7) is 0. The lowest BCUT2D eigenvalue weighted by Crippen LogP contribution is -2.53. The summed E-state index contributed by atoms with van der Waals surface area (Å²) in [5, 5.41) is 9.50. The molecule has 0 bridgehead atoms. The van der Waals surface area contributed by atoms with Crippen LogP contribution >= 0.6 is 0 Å². The van der Waals surface area contributed by atoms with Gasteiger partial charge in [-0.25, -0.2) is 0 Å². The van der Waals surface area contributed by atoms with Crippen LogP contribution in [0.1, 0.15) is 5.56 Å². The summed E-state index contributed by atoms with van der Waals surface area (Å²) in [6.07, 6.45) is -11.8. The van der Waals surface area contributed by atoms with E-state index in [2.05, 4.69) is 0 Å². The van der Waals surface area contributed by atoms with E-state index in [9.17, 15) is 31.4 Å². The Balaban J connectivity index is 2.08. The second-order valence-corrected chi connectivity index (χ2v) is 6.19. The first-order valence-electron chi connectivity index (χ1n) is 8.17. The molecule has 1 nitrogen and oxygen atoms in total. The van der Waals surface area contributed by atoms with E-state index in [4.69, 9.17) is 0 Å². The molecule has 0 saturated carbocycles. The van der Waals surface area contributed by atoms with Crippen LogP contribution in [0.2, 0.25) is 0 Å². The zero-order valence-electron chi connectivity index (χ0n) is 14.2. The second-order valence-electron chi connectivity index (χ2n) is 6.19. The fourth-order valence-corrected chi connectivity index (χ4v) is 2.98. The highest BCUT2D eigenvalue weighted by Crippen LogP contribution is 2.50. The predicted octanol–water partition coefficient (Wildman–Crippen LogP) is 6.33. The van der Waals surface area contributed by atoms with Gasteiger partial charge in [-0.2, -0.15) is 26.3 Å². The molecule has 3 aromatic rings. The average Bonchev–Trinajstić information content (AvgIpc) is 2.66. The van der Waals surface area contributed by atoms with E-state index < -0.39 is 23.5 Å². The van der Waals surface area contributed by atoms with E-state index in [-0.39, 0.29) is 0 Å². The Kier molecular flexibility index (Phi) is 4.97. The van der Waals surface area contributed by atoms with Gasteiger partial charge in [0, 0.05) is 5.56 Å². The Morgan fingerprint density at radius 1 is 0.500 bits per heavy atom. The summed E-state index contributed by atoms with van der Waals surface area (Å²) in [4.78, 5) is 0. The minimum Gasteiger partial charge on any atom is -0.369 e. The van der Waals surface area contributed by atoms with E-state index in [1.54, 1.807) is 24.3 Å². The number of hydrogen-bond donors (Lipinski definition) is 1. The Bertz CT molecular complexity index is 929. The predicted molar refractivity (Wildman–Crippen MR) is 93.3 cm³/mol. The van der Waals surface area contributed by atoms with Crippen molar-refractivity contribution in [1.82, 2.24) is 0 Å². The minimum atomic E-state index is -5.91. The summed E-state index contributed by atoms with van der Waals surface area (Å²) in [7, 11) is 0. The third-order valence-electron chi connectivity index (χ3n) is 4.45. The second kappa shape index (κ2) is 6.98. The van der Waals surface area contributed by atoms with Gasteiger partial charge in [0.1, 0.15) is 0 Å². The topological polar surface area (TPSA) is 20.2 Å². The third kappa shape index (κ3) is 3.38. The maximum Gasteiger partial charge on any atom is 0.430 e. The third-order valence-corrected chi connectivity index (χ3v) is 4.45. The van der Waals surface area contributed by atoms with Crippen molar-refractivity contribution in [3.8, 4) is 22.3 Å². The molecule has 0 heterocycles. The molecule has 0 unspecified atom stereocenters. The van der Waals surface area contributed by atoms with Gasteiger partial charge in [-0.15, -0.1) is 0 Å². The zero-order chi connectivity index (χ0) is 20.6. The molecule has 7 heteroatoms. The van der Waals surface area contributed by atoms with Gasteiger partial charge in [0.05, 0.1) is 0 Å². The van der Waals surface area contributed by atoms with Crippen molar-refractivity contribution in [2.75, 3.05) is 0 Å². The monoisotopic (exact) mass is 396 g/mol. The van der Waals surface area contributed by atoms with Crippen LogP contribution in [-0.2, 0) is 5.60 Å². The fraction of sp³-hybridized carbons (Fsp3) is 0.143. The van der Waals surface area contributed by atoms with Crippen LogP contribution in [0.5, 0.6) is 0 Å². The van der Waals surface area contributed by atoms with Gasteiger partial charge in [0.15, 0.2) is 0 Å². The number of alkyl halides is 6. The number of hydrogen-bond acceptors (Lipinski definition) is 1. The Morgan fingerprint density at radius 3 is 1.32 bits per heavy atom. The summed E-state index contributed by atoms with van der Waals surface area (Å²) >= 11 is 0. The molecule has 0 atom stereocenters. The van der Waals surface area contributed by atoms with Crippen LogP contribution in [0.4, 0.5) is 26.3 Å². The van der Waals surface area contributed by atoms with Gasteiger partial charge < -0.3 is 5.11 Å². The largest absolute Gasteiger partial charge is 0.430 e. The van der Waals surface area contributed by atoms with Gasteiger partial charge in [0.25, 0.3) is 5.60 Å². The highest BCUT2D eigenvalue weighted by atomic mass is 19.4. The van der Waals surface area contributed by atoms with E-state index in [0.717, 1.165) is 23.3 Å². The molecule has 0 aliphatic carbocycles. The summed E-state index contributed by atoms with van der Waals surface area (Å²) < 4.78 is 78.1. The van der Waals surface area contributed by atoms with Crippen LogP contribution in [0.3, 0.4) is 0 Å². The molecule has 28 heavy (non-hydrogen) atoms. The van der Waals surface area contributed by atoms with E-state index in [1.165, 1.54) is 0 Å². The molecule has 3 aromatic carbocycles. The molecule has 0 aliphatic heterocycles. The number of aliphatic hydroxyl groups is 1. The molecule has 0 aliphatic rings. The zero-order valence-corrected chi connectivity index (χ0v) is 14.2. The van der Waals surface area contributed by atoms with Gasteiger partial charge in [-0.1, -0.05) is 78.9 Å². The summed E-state index contributed by atoms with van der Waals surface area (Å²) in [5.41, 5.74) is -3.52. The number of halogens is 6. The number of rotatable bonds is 3. The normalized spacial score (nSPS) is 12.8. The SMILES string of the molecule is OC(c1ccc(-c2ccccc2-c2ccccc2)cc1)(C(F)(F)F)C(F)(F)F. The van der Waals surface area contributed by atoms with Crippen LogP contribution in [0.15, 0.2) is 78.9 Å². The van der Waals surface area contributed by atoms with Gasteiger partial charge >= 0.3 is 12.4 Å². The highest BCUT2D eigenvalue weighted by Gasteiger charge is 2.71. The van der Waals surface area contributed by atoms with Gasteiger partial charge in [0.2, 0.25) is 0 Å². The van der Waals surface area contributed by atoms with Crippen molar-refractivity contribution in [3.63, 3.8) is 0 Å². The molecule has 146 valence electrons. The lowest BCUT2D eigenvalue weighted by atomic mass is 9.89. The van der Waals surface area contributed by atoms with E-state index in [1.807, 2.05) is 30.3 Å². The highest BCUT2D eigenvalue weighted by molar-refractivity contribution is 5.83.